The number of hydrogen-bond acceptors (Lipinski definition) is 3. The first-order chi connectivity index (χ1) is 16.3. The van der Waals surface area contributed by atoms with Gasteiger partial charge in [0.05, 0.1) is 11.1 Å². The number of rotatable bonds is 7. The molecular formula is C25H21ClF3N3O2. The standard InChI is InChI=1S/C25H21ClF3N3O2/c26-20-8-4-5-9-21(20)32-24(15-22(31-32)25(27,28)29)34-16-23(33)30-19-12-10-18(11-13-19)14-17-6-2-1-3-7-17/h1-7,9-13,15,20H,8,14,16H2,(H,30,33). The van der Waals surface area contributed by atoms with Crippen LogP contribution in [0.1, 0.15) is 23.2 Å². The maximum atomic E-state index is 13.2. The minimum Gasteiger partial charge on any atom is -0.467 e. The largest absolute Gasteiger partial charge is 0.467 e. The monoisotopic (exact) mass is 487 g/mol. The molecule has 1 aliphatic carbocycles. The van der Waals surface area contributed by atoms with Gasteiger partial charge in [0.15, 0.2) is 12.3 Å². The molecule has 1 N–H and O–H groups in total. The molecule has 0 radical (unpaired) electrons. The van der Waals surface area contributed by atoms with Gasteiger partial charge in [0.25, 0.3) is 5.91 Å². The smallest absolute Gasteiger partial charge is 0.435 e. The van der Waals surface area contributed by atoms with Gasteiger partial charge in [-0.3, -0.25) is 4.79 Å². The Bertz CT molecular complexity index is 1200. The van der Waals surface area contributed by atoms with Gasteiger partial charge in [0.1, 0.15) is 0 Å². The third-order valence-corrected chi connectivity index (χ3v) is 5.52. The number of halogens is 4. The van der Waals surface area contributed by atoms with Crippen LogP contribution in [-0.2, 0) is 17.4 Å². The molecule has 5 nitrogen and oxygen atoms in total. The maximum Gasteiger partial charge on any atom is 0.435 e. The Morgan fingerprint density at radius 3 is 2.50 bits per heavy atom. The van der Waals surface area contributed by atoms with E-state index in [-0.39, 0.29) is 5.88 Å². The molecule has 0 aliphatic heterocycles. The third kappa shape index (κ3) is 5.88. The van der Waals surface area contributed by atoms with Crippen molar-refractivity contribution in [3.63, 3.8) is 0 Å². The van der Waals surface area contributed by atoms with Crippen LogP contribution in [0, 0.1) is 0 Å². The second kappa shape index (κ2) is 10.2. The van der Waals surface area contributed by atoms with Crippen LogP contribution in [0.4, 0.5) is 18.9 Å². The number of alkyl halides is 4. The lowest BCUT2D eigenvalue weighted by Crippen LogP contribution is -2.22. The highest BCUT2D eigenvalue weighted by molar-refractivity contribution is 6.25. The Hall–Kier alpha value is -3.52. The Morgan fingerprint density at radius 2 is 1.82 bits per heavy atom. The van der Waals surface area contributed by atoms with Gasteiger partial charge < -0.3 is 10.1 Å². The highest BCUT2D eigenvalue weighted by Gasteiger charge is 2.36. The van der Waals surface area contributed by atoms with Gasteiger partial charge in [-0.2, -0.15) is 18.3 Å². The van der Waals surface area contributed by atoms with Crippen molar-refractivity contribution >= 4 is 28.9 Å². The van der Waals surface area contributed by atoms with Gasteiger partial charge >= 0.3 is 6.18 Å². The number of aromatic nitrogens is 2. The first kappa shape index (κ1) is 23.6. The molecule has 0 spiro atoms. The second-order valence-corrected chi connectivity index (χ2v) is 8.22. The number of benzene rings is 2. The number of allylic oxidation sites excluding steroid dienone is 4. The Kier molecular flexibility index (Phi) is 7.07. The zero-order valence-electron chi connectivity index (χ0n) is 17.9. The number of carbonyl (C=O) groups is 1. The summed E-state index contributed by atoms with van der Waals surface area (Å²) in [5, 5.41) is 5.72. The second-order valence-electron chi connectivity index (χ2n) is 7.70. The fourth-order valence-electron chi connectivity index (χ4n) is 3.46. The van der Waals surface area contributed by atoms with Gasteiger partial charge in [-0.05, 0) is 42.2 Å². The van der Waals surface area contributed by atoms with Crippen molar-refractivity contribution < 1.29 is 22.7 Å². The zero-order valence-corrected chi connectivity index (χ0v) is 18.7. The predicted octanol–water partition coefficient (Wildman–Crippen LogP) is 5.92. The SMILES string of the molecule is O=C(COc1cc(C(F)(F)F)nn1C1=CC=CCC1Cl)Nc1ccc(Cc2ccccc2)cc1. The molecule has 0 bridgehead atoms. The molecule has 1 amide bonds. The van der Waals surface area contributed by atoms with Crippen molar-refractivity contribution in [2.24, 2.45) is 0 Å². The van der Waals surface area contributed by atoms with E-state index in [0.717, 1.165) is 22.7 Å². The van der Waals surface area contributed by atoms with Gasteiger partial charge in [0.2, 0.25) is 5.88 Å². The summed E-state index contributed by atoms with van der Waals surface area (Å²) in [4.78, 5) is 12.4. The van der Waals surface area contributed by atoms with Crippen LogP contribution in [0.25, 0.3) is 5.70 Å². The Morgan fingerprint density at radius 1 is 1.12 bits per heavy atom. The third-order valence-electron chi connectivity index (χ3n) is 5.12. The van der Waals surface area contributed by atoms with Crippen molar-refractivity contribution in [1.82, 2.24) is 9.78 Å². The Labute approximate surface area is 199 Å². The summed E-state index contributed by atoms with van der Waals surface area (Å²) < 4.78 is 46.1. The molecule has 2 aromatic carbocycles. The van der Waals surface area contributed by atoms with E-state index in [1.165, 1.54) is 5.56 Å². The summed E-state index contributed by atoms with van der Waals surface area (Å²) in [7, 11) is 0. The summed E-state index contributed by atoms with van der Waals surface area (Å²) >= 11 is 6.25. The van der Waals surface area contributed by atoms with Crippen molar-refractivity contribution in [3.05, 3.63) is 95.7 Å². The normalized spacial score (nSPS) is 15.6. The Balaban J connectivity index is 1.41. The molecule has 34 heavy (non-hydrogen) atoms. The molecule has 9 heteroatoms. The zero-order chi connectivity index (χ0) is 24.1. The molecular weight excluding hydrogens is 467 g/mol. The van der Waals surface area contributed by atoms with Gasteiger partial charge in [-0.25, -0.2) is 4.68 Å². The topological polar surface area (TPSA) is 56.1 Å². The van der Waals surface area contributed by atoms with Crippen LogP contribution >= 0.6 is 11.6 Å². The fourth-order valence-corrected chi connectivity index (χ4v) is 3.73. The van der Waals surface area contributed by atoms with E-state index in [0.29, 0.717) is 17.8 Å². The van der Waals surface area contributed by atoms with E-state index in [4.69, 9.17) is 16.3 Å². The highest BCUT2D eigenvalue weighted by atomic mass is 35.5. The van der Waals surface area contributed by atoms with Gasteiger partial charge in [0, 0.05) is 11.8 Å². The van der Waals surface area contributed by atoms with E-state index in [2.05, 4.69) is 10.4 Å². The first-order valence-electron chi connectivity index (χ1n) is 10.5. The van der Waals surface area contributed by atoms with Crippen LogP contribution in [0.3, 0.4) is 0 Å². The average molecular weight is 488 g/mol. The van der Waals surface area contributed by atoms with Crippen LogP contribution < -0.4 is 10.1 Å². The number of nitrogens with one attached hydrogen (secondary N) is 1. The summed E-state index contributed by atoms with van der Waals surface area (Å²) in [6.45, 7) is -0.495. The molecule has 0 fully saturated rings. The summed E-state index contributed by atoms with van der Waals surface area (Å²) in [6, 6.07) is 18.1. The quantitative estimate of drug-likeness (QED) is 0.421. The first-order valence-corrected chi connectivity index (χ1v) is 11.0. The molecule has 1 aliphatic rings. The van der Waals surface area contributed by atoms with Crippen molar-refractivity contribution in [1.29, 1.82) is 0 Å². The van der Waals surface area contributed by atoms with Crippen LogP contribution in [-0.4, -0.2) is 27.7 Å². The molecule has 176 valence electrons. The molecule has 3 aromatic rings. The van der Waals surface area contributed by atoms with E-state index in [9.17, 15) is 18.0 Å². The summed E-state index contributed by atoms with van der Waals surface area (Å²) in [5.74, 6) is -0.732. The number of anilines is 1. The lowest BCUT2D eigenvalue weighted by atomic mass is 10.0. The van der Waals surface area contributed by atoms with Crippen molar-refractivity contribution in [2.75, 3.05) is 11.9 Å². The number of hydrogen-bond donors (Lipinski definition) is 1. The molecule has 4 rings (SSSR count). The lowest BCUT2D eigenvalue weighted by molar-refractivity contribution is -0.141. The highest BCUT2D eigenvalue weighted by Crippen LogP contribution is 2.34. The van der Waals surface area contributed by atoms with E-state index in [1.807, 2.05) is 42.5 Å². The van der Waals surface area contributed by atoms with Crippen LogP contribution in [0.5, 0.6) is 5.88 Å². The summed E-state index contributed by atoms with van der Waals surface area (Å²) in [6.07, 6.45) is 1.58. The van der Waals surface area contributed by atoms with E-state index >= 15 is 0 Å². The number of nitrogens with zero attached hydrogens (tertiary/aromatic N) is 2. The predicted molar refractivity (Wildman–Crippen MR) is 125 cm³/mol. The minimum absolute atomic E-state index is 0.215. The van der Waals surface area contributed by atoms with Gasteiger partial charge in [-0.1, -0.05) is 54.6 Å². The number of amides is 1. The minimum atomic E-state index is -4.67. The summed E-state index contributed by atoms with van der Waals surface area (Å²) in [5.41, 5.74) is 2.01. The fraction of sp³-hybridized carbons (Fsp3) is 0.200. The number of carbonyl (C=O) groups excluding carboxylic acids is 1. The van der Waals surface area contributed by atoms with Crippen molar-refractivity contribution in [2.45, 2.75) is 24.4 Å². The van der Waals surface area contributed by atoms with E-state index < -0.39 is 29.8 Å². The number of ether oxygens (including phenoxy) is 1. The van der Waals surface area contributed by atoms with E-state index in [1.54, 1.807) is 30.4 Å². The molecule has 1 unspecified atom stereocenters. The molecule has 0 saturated heterocycles. The average Bonchev–Trinajstić information content (AvgIpc) is 3.25. The lowest BCUT2D eigenvalue weighted by Gasteiger charge is -2.17. The van der Waals surface area contributed by atoms with Crippen molar-refractivity contribution in [3.8, 4) is 5.88 Å². The molecule has 1 heterocycles. The van der Waals surface area contributed by atoms with Crippen LogP contribution in [0.2, 0.25) is 0 Å². The maximum absolute atomic E-state index is 13.2. The molecule has 0 saturated carbocycles. The van der Waals surface area contributed by atoms with Crippen LogP contribution in [0.15, 0.2) is 78.9 Å². The molecule has 1 atom stereocenters. The van der Waals surface area contributed by atoms with Gasteiger partial charge in [-0.15, -0.1) is 11.6 Å². The molecule has 1 aromatic heterocycles.